The topological polar surface area (TPSA) is 72.2 Å². The van der Waals surface area contributed by atoms with E-state index in [2.05, 4.69) is 0 Å². The molecule has 0 fully saturated rings. The van der Waals surface area contributed by atoms with Gasteiger partial charge in [0.2, 0.25) is 5.91 Å². The van der Waals surface area contributed by atoms with Crippen molar-refractivity contribution in [3.8, 4) is 0 Å². The van der Waals surface area contributed by atoms with Crippen LogP contribution in [-0.4, -0.2) is 16.6 Å². The summed E-state index contributed by atoms with van der Waals surface area (Å²) < 4.78 is 64.8. The van der Waals surface area contributed by atoms with Crippen LogP contribution in [0.25, 0.3) is 0 Å². The number of thioether (sulfide) groups is 1. The highest BCUT2D eigenvalue weighted by molar-refractivity contribution is 8.00. The van der Waals surface area contributed by atoms with Gasteiger partial charge < -0.3 is 5.32 Å². The second kappa shape index (κ2) is 7.68. The third kappa shape index (κ3) is 4.69. The largest absolute Gasteiger partial charge is 0.416 e. The van der Waals surface area contributed by atoms with Crippen LogP contribution in [0.15, 0.2) is 41.3 Å². The molecule has 0 saturated heterocycles. The highest BCUT2D eigenvalue weighted by Gasteiger charge is 2.33. The summed E-state index contributed by atoms with van der Waals surface area (Å²) >= 11 is 0.568. The lowest BCUT2D eigenvalue weighted by atomic mass is 10.2. The number of hydrogen-bond donors (Lipinski definition) is 1. The Kier molecular flexibility index (Phi) is 5.80. The molecule has 0 aliphatic carbocycles. The van der Waals surface area contributed by atoms with Crippen molar-refractivity contribution in [3.63, 3.8) is 0 Å². The first kappa shape index (κ1) is 19.6. The molecule has 0 radical (unpaired) electrons. The fourth-order valence-electron chi connectivity index (χ4n) is 1.89. The second-order valence-electron chi connectivity index (χ2n) is 4.87. The van der Waals surface area contributed by atoms with E-state index in [0.717, 1.165) is 24.3 Å². The standard InChI is InChI=1S/C15H9F5N2O3S/c16-9-2-1-3-10(17)14(9)21-13(23)7-26-12-5-4-8(15(18,19)20)6-11(12)22(24)25/h1-6H,7H2,(H,21,23). The van der Waals surface area contributed by atoms with Crippen molar-refractivity contribution in [2.45, 2.75) is 11.1 Å². The number of carbonyl (C=O) groups is 1. The van der Waals surface area contributed by atoms with Gasteiger partial charge in [0, 0.05) is 6.07 Å². The first-order valence-corrected chi connectivity index (χ1v) is 7.80. The molecule has 0 aliphatic rings. The van der Waals surface area contributed by atoms with Crippen LogP contribution in [-0.2, 0) is 11.0 Å². The van der Waals surface area contributed by atoms with Gasteiger partial charge in [0.25, 0.3) is 5.69 Å². The Morgan fingerprint density at radius 1 is 1.15 bits per heavy atom. The van der Waals surface area contributed by atoms with Gasteiger partial charge in [-0.05, 0) is 24.3 Å². The SMILES string of the molecule is O=C(CSc1ccc(C(F)(F)F)cc1[N+](=O)[O-])Nc1c(F)cccc1F. The third-order valence-corrected chi connectivity index (χ3v) is 4.13. The molecule has 138 valence electrons. The summed E-state index contributed by atoms with van der Waals surface area (Å²) in [6, 6.07) is 4.81. The lowest BCUT2D eigenvalue weighted by Gasteiger charge is -2.09. The predicted molar refractivity (Wildman–Crippen MR) is 83.8 cm³/mol. The molecule has 2 rings (SSSR count). The zero-order valence-corrected chi connectivity index (χ0v) is 13.5. The van der Waals surface area contributed by atoms with Crippen LogP contribution in [0.4, 0.5) is 33.3 Å². The summed E-state index contributed by atoms with van der Waals surface area (Å²) in [5, 5.41) is 12.9. The van der Waals surface area contributed by atoms with E-state index < -0.39 is 51.3 Å². The quantitative estimate of drug-likeness (QED) is 0.349. The van der Waals surface area contributed by atoms with Crippen molar-refractivity contribution < 1.29 is 31.7 Å². The molecule has 11 heteroatoms. The molecule has 0 saturated carbocycles. The fraction of sp³-hybridized carbons (Fsp3) is 0.133. The molecule has 0 aliphatic heterocycles. The molecule has 0 atom stereocenters. The Labute approximate surface area is 147 Å². The first-order chi connectivity index (χ1) is 12.1. The van der Waals surface area contributed by atoms with Gasteiger partial charge in [0.1, 0.15) is 17.3 Å². The minimum Gasteiger partial charge on any atom is -0.320 e. The average molecular weight is 392 g/mol. The highest BCUT2D eigenvalue weighted by Crippen LogP contribution is 2.36. The maximum atomic E-state index is 13.4. The summed E-state index contributed by atoms with van der Waals surface area (Å²) in [5.41, 5.74) is -2.71. The third-order valence-electron chi connectivity index (χ3n) is 3.07. The number of alkyl halides is 3. The van der Waals surface area contributed by atoms with Gasteiger partial charge in [0.15, 0.2) is 0 Å². The van der Waals surface area contributed by atoms with Crippen molar-refractivity contribution in [2.24, 2.45) is 0 Å². The fourth-order valence-corrected chi connectivity index (χ4v) is 2.70. The second-order valence-corrected chi connectivity index (χ2v) is 5.89. The van der Waals surface area contributed by atoms with Crippen LogP contribution < -0.4 is 5.32 Å². The van der Waals surface area contributed by atoms with Gasteiger partial charge in [-0.25, -0.2) is 8.78 Å². The predicted octanol–water partition coefficient (Wildman–Crippen LogP) is 4.62. The number of para-hydroxylation sites is 1. The number of anilines is 1. The monoisotopic (exact) mass is 392 g/mol. The number of hydrogen-bond acceptors (Lipinski definition) is 4. The number of nitro benzene ring substituents is 1. The van der Waals surface area contributed by atoms with Gasteiger partial charge >= 0.3 is 6.18 Å². The van der Waals surface area contributed by atoms with E-state index in [1.165, 1.54) is 0 Å². The van der Waals surface area contributed by atoms with Crippen LogP contribution in [0.3, 0.4) is 0 Å². The van der Waals surface area contributed by atoms with E-state index >= 15 is 0 Å². The van der Waals surface area contributed by atoms with Gasteiger partial charge in [-0.15, -0.1) is 11.8 Å². The summed E-state index contributed by atoms with van der Waals surface area (Å²) in [6.45, 7) is 0. The van der Waals surface area contributed by atoms with Crippen LogP contribution in [0.2, 0.25) is 0 Å². The number of amides is 1. The van der Waals surface area contributed by atoms with Crippen LogP contribution >= 0.6 is 11.8 Å². The lowest BCUT2D eigenvalue weighted by molar-refractivity contribution is -0.388. The maximum Gasteiger partial charge on any atom is 0.416 e. The molecule has 2 aromatic carbocycles. The maximum absolute atomic E-state index is 13.4. The Hall–Kier alpha value is -2.69. The Bertz CT molecular complexity index is 837. The van der Waals surface area contributed by atoms with Crippen molar-refractivity contribution in [3.05, 3.63) is 63.7 Å². The number of halogens is 5. The van der Waals surface area contributed by atoms with Gasteiger partial charge in [0.05, 0.1) is 21.1 Å². The van der Waals surface area contributed by atoms with E-state index in [9.17, 15) is 36.9 Å². The minimum absolute atomic E-state index is 0.188. The van der Waals surface area contributed by atoms with Gasteiger partial charge in [-0.2, -0.15) is 13.2 Å². The molecule has 1 amide bonds. The number of rotatable bonds is 5. The van der Waals surface area contributed by atoms with Crippen molar-refractivity contribution in [1.82, 2.24) is 0 Å². The molecule has 2 aromatic rings. The van der Waals surface area contributed by atoms with E-state index in [0.29, 0.717) is 23.9 Å². The Morgan fingerprint density at radius 3 is 2.31 bits per heavy atom. The molecule has 1 N–H and O–H groups in total. The van der Waals surface area contributed by atoms with E-state index in [1.807, 2.05) is 5.32 Å². The van der Waals surface area contributed by atoms with E-state index in [4.69, 9.17) is 0 Å². The Balaban J connectivity index is 2.14. The minimum atomic E-state index is -4.76. The molecule has 0 unspecified atom stereocenters. The molecule has 5 nitrogen and oxygen atoms in total. The normalized spacial score (nSPS) is 11.3. The number of nitrogens with zero attached hydrogens (tertiary/aromatic N) is 1. The van der Waals surface area contributed by atoms with Crippen LogP contribution in [0.5, 0.6) is 0 Å². The molecule has 0 spiro atoms. The summed E-state index contributed by atoms with van der Waals surface area (Å²) in [6.07, 6.45) is -4.76. The average Bonchev–Trinajstić information content (AvgIpc) is 2.55. The van der Waals surface area contributed by atoms with Crippen molar-refractivity contribution >= 4 is 29.0 Å². The molecular formula is C15H9F5N2O3S. The number of carbonyl (C=O) groups excluding carboxylic acids is 1. The highest BCUT2D eigenvalue weighted by atomic mass is 32.2. The van der Waals surface area contributed by atoms with Crippen LogP contribution in [0, 0.1) is 21.7 Å². The van der Waals surface area contributed by atoms with Gasteiger partial charge in [-0.3, -0.25) is 14.9 Å². The molecule has 0 bridgehead atoms. The molecule has 0 heterocycles. The van der Waals surface area contributed by atoms with Crippen LogP contribution in [0.1, 0.15) is 5.56 Å². The lowest BCUT2D eigenvalue weighted by Crippen LogP contribution is -2.16. The van der Waals surface area contributed by atoms with E-state index in [1.54, 1.807) is 0 Å². The van der Waals surface area contributed by atoms with E-state index in [-0.39, 0.29) is 4.90 Å². The summed E-state index contributed by atoms with van der Waals surface area (Å²) in [5.74, 6) is -3.40. The zero-order chi connectivity index (χ0) is 19.5. The number of nitrogens with one attached hydrogen (secondary N) is 1. The van der Waals surface area contributed by atoms with Crippen molar-refractivity contribution in [2.75, 3.05) is 11.1 Å². The summed E-state index contributed by atoms with van der Waals surface area (Å²) in [7, 11) is 0. The molecule has 0 aromatic heterocycles. The Morgan fingerprint density at radius 2 is 1.77 bits per heavy atom. The summed E-state index contributed by atoms with van der Waals surface area (Å²) in [4.78, 5) is 21.5. The number of benzene rings is 2. The zero-order valence-electron chi connectivity index (χ0n) is 12.6. The smallest absolute Gasteiger partial charge is 0.320 e. The van der Waals surface area contributed by atoms with Crippen molar-refractivity contribution in [1.29, 1.82) is 0 Å². The molecular weight excluding hydrogens is 383 g/mol. The molecule has 26 heavy (non-hydrogen) atoms. The number of nitro groups is 1. The first-order valence-electron chi connectivity index (χ1n) is 6.82. The van der Waals surface area contributed by atoms with Gasteiger partial charge in [-0.1, -0.05) is 6.07 Å².